The lowest BCUT2D eigenvalue weighted by Crippen LogP contribution is -3.12. The van der Waals surface area contributed by atoms with Gasteiger partial charge in [-0.05, 0) is 44.0 Å². The Kier molecular flexibility index (Phi) is 4.61. The Morgan fingerprint density at radius 3 is 2.86 bits per heavy atom. The van der Waals surface area contributed by atoms with E-state index in [1.54, 1.807) is 0 Å². The van der Waals surface area contributed by atoms with Gasteiger partial charge in [0.1, 0.15) is 5.69 Å². The highest BCUT2D eigenvalue weighted by atomic mass is 16.5. The smallest absolute Gasteiger partial charge is 0.243 e. The zero-order valence-corrected chi connectivity index (χ0v) is 13.4. The largest absolute Gasteiger partial charge is 0.603 e. The van der Waals surface area contributed by atoms with Crippen molar-refractivity contribution < 1.29 is 5.17 Å². The number of anilines is 1. The first-order valence-corrected chi connectivity index (χ1v) is 8.22. The van der Waals surface area contributed by atoms with E-state index in [0.29, 0.717) is 12.5 Å². The third-order valence-electron chi connectivity index (χ3n) is 4.58. The Morgan fingerprint density at radius 2 is 2.09 bits per heavy atom. The summed E-state index contributed by atoms with van der Waals surface area (Å²) in [5.41, 5.74) is 7.14. The number of hydrogen-bond acceptors (Lipinski definition) is 3. The van der Waals surface area contributed by atoms with E-state index in [4.69, 9.17) is 0 Å². The molecule has 1 unspecified atom stereocenters. The summed E-state index contributed by atoms with van der Waals surface area (Å²) >= 11 is 0. The second-order valence-electron chi connectivity index (χ2n) is 5.82. The summed E-state index contributed by atoms with van der Waals surface area (Å²) in [5.74, 6) is 0.572. The zero-order valence-electron chi connectivity index (χ0n) is 13.4. The van der Waals surface area contributed by atoms with Gasteiger partial charge in [0.25, 0.3) is 0 Å². The minimum Gasteiger partial charge on any atom is -0.603 e. The number of likely N-dealkylation sites (N-methyl/N-ethyl adjacent to an activating group) is 1. The van der Waals surface area contributed by atoms with Crippen molar-refractivity contribution in [2.45, 2.75) is 33.1 Å². The van der Waals surface area contributed by atoms with E-state index in [9.17, 15) is 5.21 Å². The summed E-state index contributed by atoms with van der Waals surface area (Å²) in [7, 11) is 0. The molecule has 3 rings (SSSR count). The number of aliphatic imine (C=N–C) groups is 1. The van der Waals surface area contributed by atoms with Gasteiger partial charge in [-0.1, -0.05) is 19.9 Å². The first-order valence-electron chi connectivity index (χ1n) is 8.22. The maximum absolute atomic E-state index is 12.4. The summed E-state index contributed by atoms with van der Waals surface area (Å²) in [6.45, 7) is 7.93. The van der Waals surface area contributed by atoms with Gasteiger partial charge in [-0.25, -0.2) is 10.2 Å². The molecule has 1 aromatic rings. The third-order valence-corrected chi connectivity index (χ3v) is 4.58. The lowest BCUT2D eigenvalue weighted by molar-refractivity contribution is -0.816. The van der Waals surface area contributed by atoms with Crippen LogP contribution < -0.4 is 15.9 Å². The summed E-state index contributed by atoms with van der Waals surface area (Å²) in [6.07, 6.45) is 3.23. The molecule has 1 atom stereocenters. The highest BCUT2D eigenvalue weighted by Gasteiger charge is 2.27. The summed E-state index contributed by atoms with van der Waals surface area (Å²) < 4.78 is 0. The molecule has 0 saturated heterocycles. The Morgan fingerprint density at radius 1 is 1.27 bits per heavy atom. The van der Waals surface area contributed by atoms with Gasteiger partial charge in [0.05, 0.1) is 6.54 Å². The Bertz CT molecular complexity index is 568. The van der Waals surface area contributed by atoms with Crippen molar-refractivity contribution in [3.05, 3.63) is 28.5 Å². The predicted octanol–water partition coefficient (Wildman–Crippen LogP) is 0.817. The number of benzene rings is 1. The number of rotatable bonds is 5. The minimum absolute atomic E-state index is 0.0194. The van der Waals surface area contributed by atoms with Crippen LogP contribution in [-0.4, -0.2) is 37.0 Å². The van der Waals surface area contributed by atoms with E-state index in [1.807, 2.05) is 6.07 Å². The molecule has 0 amide bonds. The van der Waals surface area contributed by atoms with E-state index in [0.717, 1.165) is 50.3 Å². The van der Waals surface area contributed by atoms with Crippen molar-refractivity contribution in [3.63, 3.8) is 0 Å². The van der Waals surface area contributed by atoms with Crippen molar-refractivity contribution in [1.82, 2.24) is 10.3 Å². The van der Waals surface area contributed by atoms with Gasteiger partial charge in [0, 0.05) is 12.1 Å². The number of quaternary nitrogens is 1. The first kappa shape index (κ1) is 15.3. The van der Waals surface area contributed by atoms with Crippen molar-refractivity contribution >= 4 is 17.3 Å². The molecule has 0 spiro atoms. The Labute approximate surface area is 131 Å². The van der Waals surface area contributed by atoms with Crippen LogP contribution in [0, 0.1) is 5.21 Å². The fraction of sp³-hybridized carbons (Fsp3) is 0.562. The van der Waals surface area contributed by atoms with E-state index >= 15 is 0 Å². The van der Waals surface area contributed by atoms with Crippen molar-refractivity contribution in [1.29, 1.82) is 0 Å². The number of fused-ring (bicyclic) bond motifs is 3. The van der Waals surface area contributed by atoms with Gasteiger partial charge in [0.2, 0.25) is 5.96 Å². The fourth-order valence-electron chi connectivity index (χ4n) is 3.28. The molecule has 3 N–H and O–H groups in total. The molecule has 1 aliphatic carbocycles. The van der Waals surface area contributed by atoms with Crippen LogP contribution in [-0.2, 0) is 12.8 Å². The van der Waals surface area contributed by atoms with Gasteiger partial charge >= 0.3 is 0 Å². The highest BCUT2D eigenvalue weighted by molar-refractivity contribution is 5.97. The van der Waals surface area contributed by atoms with Gasteiger partial charge in [-0.15, -0.1) is 0 Å². The number of nitrogens with one attached hydrogen (secondary N) is 3. The van der Waals surface area contributed by atoms with Crippen molar-refractivity contribution in [3.8, 4) is 0 Å². The van der Waals surface area contributed by atoms with Gasteiger partial charge in [-0.3, -0.25) is 0 Å². The van der Waals surface area contributed by atoms with Crippen molar-refractivity contribution in [2.24, 2.45) is 4.99 Å². The van der Waals surface area contributed by atoms with Crippen molar-refractivity contribution in [2.75, 3.05) is 31.5 Å². The van der Waals surface area contributed by atoms with Crippen LogP contribution >= 0.6 is 0 Å². The van der Waals surface area contributed by atoms with Crippen LogP contribution in [0.2, 0.25) is 0 Å². The zero-order chi connectivity index (χ0) is 15.5. The number of aryl methyl sites for hydroxylation is 1. The van der Waals surface area contributed by atoms with Gasteiger partial charge in [0.15, 0.2) is 5.69 Å². The van der Waals surface area contributed by atoms with E-state index < -0.39 is 0 Å². The highest BCUT2D eigenvalue weighted by Crippen LogP contribution is 2.33. The Balaban J connectivity index is 1.72. The second-order valence-corrected chi connectivity index (χ2v) is 5.82. The molecule has 2 aliphatic rings. The maximum atomic E-state index is 12.4. The fourth-order valence-corrected chi connectivity index (χ4v) is 3.28. The molecule has 0 saturated carbocycles. The molecule has 120 valence electrons. The number of hydrogen-bond donors (Lipinski definition) is 3. The number of nitrogens with zero attached hydrogens (tertiary/aromatic N) is 2. The summed E-state index contributed by atoms with van der Waals surface area (Å²) in [4.78, 5) is 6.81. The molecule has 0 aromatic heterocycles. The van der Waals surface area contributed by atoms with E-state index in [1.165, 1.54) is 11.1 Å². The molecule has 1 heterocycles. The SMILES string of the molecule is CCN(CC)CCN=C1Nc2ccc3c(c2[NH+]([O-])N1)CCC3. The lowest BCUT2D eigenvalue weighted by atomic mass is 10.1. The molecule has 1 aromatic carbocycles. The van der Waals surface area contributed by atoms with Crippen LogP contribution in [0.3, 0.4) is 0 Å². The summed E-state index contributed by atoms with van der Waals surface area (Å²) in [5, 5.41) is 15.7. The standard InChI is InChI=1S/C16H25N5O/c1-3-20(4-2)11-10-17-16-18-14-9-8-12-6-5-7-13(12)15(14)21(22)19-16/h8-9,21H,3-7,10-11H2,1-2H3,(H2,17,18,19). The predicted molar refractivity (Wildman–Crippen MR) is 89.3 cm³/mol. The first-order chi connectivity index (χ1) is 10.7. The van der Waals surface area contributed by atoms with Crippen LogP contribution in [0.5, 0.6) is 0 Å². The molecule has 0 radical (unpaired) electrons. The average molecular weight is 303 g/mol. The molecule has 0 fully saturated rings. The maximum Gasteiger partial charge on any atom is 0.243 e. The topological polar surface area (TPSA) is 67.2 Å². The molecular formula is C16H25N5O. The van der Waals surface area contributed by atoms with E-state index in [-0.39, 0.29) is 5.17 Å². The molecule has 0 bridgehead atoms. The summed E-state index contributed by atoms with van der Waals surface area (Å²) in [6, 6.07) is 4.15. The number of guanidine groups is 1. The van der Waals surface area contributed by atoms with Crippen LogP contribution in [0.25, 0.3) is 0 Å². The lowest BCUT2D eigenvalue weighted by Gasteiger charge is -2.32. The van der Waals surface area contributed by atoms with E-state index in [2.05, 4.69) is 40.5 Å². The molecule has 22 heavy (non-hydrogen) atoms. The quantitative estimate of drug-likeness (QED) is 0.705. The second kappa shape index (κ2) is 6.64. The van der Waals surface area contributed by atoms with Crippen LogP contribution in [0.1, 0.15) is 31.4 Å². The van der Waals surface area contributed by atoms with Crippen LogP contribution in [0.4, 0.5) is 11.4 Å². The monoisotopic (exact) mass is 303 g/mol. The average Bonchev–Trinajstić information content (AvgIpc) is 2.99. The van der Waals surface area contributed by atoms with Gasteiger partial charge < -0.3 is 15.4 Å². The Hall–Kier alpha value is -1.63. The molecule has 6 nitrogen and oxygen atoms in total. The molecule has 1 aliphatic heterocycles. The minimum atomic E-state index is -0.0194. The molecule has 6 heteroatoms. The third kappa shape index (κ3) is 2.95. The van der Waals surface area contributed by atoms with Crippen LogP contribution in [0.15, 0.2) is 17.1 Å². The normalized spacial score (nSPS) is 21.5. The van der Waals surface area contributed by atoms with Gasteiger partial charge in [-0.2, -0.15) is 5.43 Å². The molecular weight excluding hydrogens is 278 g/mol.